The topological polar surface area (TPSA) is 79.7 Å². The van der Waals surface area contributed by atoms with Crippen LogP contribution in [-0.2, 0) is 5.41 Å². The van der Waals surface area contributed by atoms with E-state index in [1.165, 1.54) is 0 Å². The fraction of sp³-hybridized carbons (Fsp3) is 0.357. The molecule has 0 bridgehead atoms. The number of rotatable bonds is 2. The number of benzene rings is 1. The van der Waals surface area contributed by atoms with Crippen molar-refractivity contribution in [1.82, 2.24) is 5.06 Å². The van der Waals surface area contributed by atoms with Crippen LogP contribution < -0.4 is 5.73 Å². The van der Waals surface area contributed by atoms with E-state index in [4.69, 9.17) is 10.2 Å². The summed E-state index contributed by atoms with van der Waals surface area (Å²) in [6.07, 6.45) is 1.29. The van der Waals surface area contributed by atoms with Crippen LogP contribution in [0, 0.1) is 0 Å². The van der Waals surface area contributed by atoms with Crippen molar-refractivity contribution >= 4 is 17.0 Å². The summed E-state index contributed by atoms with van der Waals surface area (Å²) in [6, 6.07) is 8.83. The molecule has 0 spiro atoms. The van der Waals surface area contributed by atoms with Crippen LogP contribution in [0.15, 0.2) is 34.7 Å². The average Bonchev–Trinajstić information content (AvgIpc) is 2.78. The third-order valence-electron chi connectivity index (χ3n) is 3.96. The zero-order valence-corrected chi connectivity index (χ0v) is 10.7. The lowest BCUT2D eigenvalue weighted by Crippen LogP contribution is -2.53. The van der Waals surface area contributed by atoms with E-state index in [0.717, 1.165) is 16.7 Å². The van der Waals surface area contributed by atoms with Crippen LogP contribution in [0.3, 0.4) is 0 Å². The van der Waals surface area contributed by atoms with Crippen LogP contribution in [0.25, 0.3) is 11.0 Å². The van der Waals surface area contributed by atoms with Gasteiger partial charge in [-0.3, -0.25) is 5.21 Å². The monoisotopic (exact) mass is 260 g/mol. The first kappa shape index (κ1) is 12.0. The number of hydrogen-bond donors (Lipinski definition) is 2. The van der Waals surface area contributed by atoms with Gasteiger partial charge in [-0.05, 0) is 25.0 Å². The first-order valence-corrected chi connectivity index (χ1v) is 6.26. The molecule has 1 heterocycles. The first-order chi connectivity index (χ1) is 8.99. The van der Waals surface area contributed by atoms with Gasteiger partial charge >= 0.3 is 6.03 Å². The van der Waals surface area contributed by atoms with Gasteiger partial charge in [0.15, 0.2) is 0 Å². The van der Waals surface area contributed by atoms with Crippen molar-refractivity contribution in [2.45, 2.75) is 31.2 Å². The summed E-state index contributed by atoms with van der Waals surface area (Å²) >= 11 is 0. The summed E-state index contributed by atoms with van der Waals surface area (Å²) in [5.41, 5.74) is 5.75. The fourth-order valence-corrected chi connectivity index (χ4v) is 2.81. The number of hydroxylamine groups is 2. The zero-order valence-electron chi connectivity index (χ0n) is 10.7. The second kappa shape index (κ2) is 3.99. The summed E-state index contributed by atoms with van der Waals surface area (Å²) in [4.78, 5) is 10.9. The lowest BCUT2D eigenvalue weighted by molar-refractivity contribution is -0.117. The molecule has 3 N–H and O–H groups in total. The van der Waals surface area contributed by atoms with Gasteiger partial charge in [0, 0.05) is 10.8 Å². The highest BCUT2D eigenvalue weighted by molar-refractivity contribution is 5.78. The number of furan rings is 1. The molecule has 2 amide bonds. The van der Waals surface area contributed by atoms with Crippen molar-refractivity contribution in [1.29, 1.82) is 0 Å². The molecule has 1 aliphatic carbocycles. The molecule has 0 aliphatic heterocycles. The molecule has 1 aromatic carbocycles. The van der Waals surface area contributed by atoms with Gasteiger partial charge in [-0.2, -0.15) is 0 Å². The second-order valence-corrected chi connectivity index (χ2v) is 5.45. The number of amides is 2. The maximum Gasteiger partial charge on any atom is 0.338 e. The van der Waals surface area contributed by atoms with Crippen molar-refractivity contribution in [3.63, 3.8) is 0 Å². The number of nitrogens with zero attached hydrogens (tertiary/aromatic N) is 1. The first-order valence-electron chi connectivity index (χ1n) is 6.26. The molecule has 1 fully saturated rings. The molecule has 2 aromatic rings. The van der Waals surface area contributed by atoms with Crippen molar-refractivity contribution in [2.24, 2.45) is 5.73 Å². The van der Waals surface area contributed by atoms with Gasteiger partial charge in [-0.25, -0.2) is 9.86 Å². The van der Waals surface area contributed by atoms with E-state index in [0.29, 0.717) is 17.9 Å². The van der Waals surface area contributed by atoms with Gasteiger partial charge < -0.3 is 10.2 Å². The van der Waals surface area contributed by atoms with Crippen LogP contribution in [0.4, 0.5) is 4.79 Å². The highest BCUT2D eigenvalue weighted by Gasteiger charge is 2.47. The molecular formula is C14H16N2O3. The number of para-hydroxylation sites is 1. The SMILES string of the molecule is C[C@]1(c2cc3ccccc3o2)C[C@@H](N(O)C(N)=O)C1. The van der Waals surface area contributed by atoms with Gasteiger partial charge in [-0.1, -0.05) is 25.1 Å². The minimum absolute atomic E-state index is 0.153. The van der Waals surface area contributed by atoms with Crippen molar-refractivity contribution < 1.29 is 14.4 Å². The number of primary amides is 1. The summed E-state index contributed by atoms with van der Waals surface area (Å²) in [5, 5.41) is 11.2. The molecule has 100 valence electrons. The number of hydrogen-bond acceptors (Lipinski definition) is 3. The Labute approximate surface area is 110 Å². The number of carbonyl (C=O) groups is 1. The van der Waals surface area contributed by atoms with Gasteiger partial charge in [0.05, 0.1) is 6.04 Å². The Kier molecular flexibility index (Phi) is 2.53. The summed E-state index contributed by atoms with van der Waals surface area (Å²) in [5.74, 6) is 0.892. The van der Waals surface area contributed by atoms with Gasteiger partial charge in [0.25, 0.3) is 0 Å². The van der Waals surface area contributed by atoms with E-state index in [1.807, 2.05) is 30.3 Å². The number of nitrogens with two attached hydrogens (primary N) is 1. The van der Waals surface area contributed by atoms with Crippen LogP contribution >= 0.6 is 0 Å². The fourth-order valence-electron chi connectivity index (χ4n) is 2.81. The molecule has 19 heavy (non-hydrogen) atoms. The molecule has 3 rings (SSSR count). The standard InChI is InChI=1S/C14H16N2O3/c1-14(7-10(8-14)16(18)13(15)17)12-6-9-4-2-3-5-11(9)19-12/h2-6,10,18H,7-8H2,1H3,(H2,15,17)/t10-,14+. The Morgan fingerprint density at radius 1 is 1.47 bits per heavy atom. The van der Waals surface area contributed by atoms with E-state index in [9.17, 15) is 10.0 Å². The quantitative estimate of drug-likeness (QED) is 0.643. The summed E-state index contributed by atoms with van der Waals surface area (Å²) < 4.78 is 5.85. The lowest BCUT2D eigenvalue weighted by Gasteiger charge is -2.45. The number of fused-ring (bicyclic) bond motifs is 1. The largest absolute Gasteiger partial charge is 0.460 e. The Balaban J connectivity index is 1.82. The molecule has 5 heteroatoms. The predicted octanol–water partition coefficient (Wildman–Crippen LogP) is 2.62. The van der Waals surface area contributed by atoms with Gasteiger partial charge in [0.1, 0.15) is 11.3 Å². The molecule has 0 saturated heterocycles. The summed E-state index contributed by atoms with van der Waals surface area (Å²) in [7, 11) is 0. The maximum atomic E-state index is 10.9. The zero-order chi connectivity index (χ0) is 13.6. The molecule has 0 atom stereocenters. The third kappa shape index (κ3) is 1.86. The van der Waals surface area contributed by atoms with E-state index in [2.05, 4.69) is 6.92 Å². The lowest BCUT2D eigenvalue weighted by atomic mass is 9.65. The number of urea groups is 1. The molecule has 1 saturated carbocycles. The Morgan fingerprint density at radius 3 is 2.79 bits per heavy atom. The molecule has 1 aromatic heterocycles. The van der Waals surface area contributed by atoms with E-state index in [-0.39, 0.29) is 11.5 Å². The predicted molar refractivity (Wildman–Crippen MR) is 69.8 cm³/mol. The van der Waals surface area contributed by atoms with Crippen LogP contribution in [0.2, 0.25) is 0 Å². The summed E-state index contributed by atoms with van der Waals surface area (Å²) in [6.45, 7) is 2.07. The molecule has 0 radical (unpaired) electrons. The van der Waals surface area contributed by atoms with Crippen LogP contribution in [0.1, 0.15) is 25.5 Å². The minimum Gasteiger partial charge on any atom is -0.460 e. The van der Waals surface area contributed by atoms with E-state index in [1.54, 1.807) is 0 Å². The van der Waals surface area contributed by atoms with Crippen molar-refractivity contribution in [2.75, 3.05) is 0 Å². The third-order valence-corrected chi connectivity index (χ3v) is 3.96. The molecule has 1 aliphatic rings. The van der Waals surface area contributed by atoms with Gasteiger partial charge in [0.2, 0.25) is 0 Å². The Bertz CT molecular complexity index is 595. The minimum atomic E-state index is -0.809. The molecular weight excluding hydrogens is 244 g/mol. The van der Waals surface area contributed by atoms with Crippen LogP contribution in [-0.4, -0.2) is 22.3 Å². The van der Waals surface area contributed by atoms with Gasteiger partial charge in [-0.15, -0.1) is 0 Å². The van der Waals surface area contributed by atoms with Crippen molar-refractivity contribution in [3.05, 3.63) is 36.1 Å². The highest BCUT2D eigenvalue weighted by Crippen LogP contribution is 2.46. The Morgan fingerprint density at radius 2 is 2.16 bits per heavy atom. The molecule has 5 nitrogen and oxygen atoms in total. The number of carbonyl (C=O) groups excluding carboxylic acids is 1. The smallest absolute Gasteiger partial charge is 0.338 e. The normalized spacial score (nSPS) is 26.1. The van der Waals surface area contributed by atoms with Crippen molar-refractivity contribution in [3.8, 4) is 0 Å². The van der Waals surface area contributed by atoms with E-state index >= 15 is 0 Å². The maximum absolute atomic E-state index is 10.9. The highest BCUT2D eigenvalue weighted by atomic mass is 16.5. The van der Waals surface area contributed by atoms with Crippen LogP contribution in [0.5, 0.6) is 0 Å². The second-order valence-electron chi connectivity index (χ2n) is 5.45. The van der Waals surface area contributed by atoms with E-state index < -0.39 is 6.03 Å². The Hall–Kier alpha value is -2.01. The molecule has 0 unspecified atom stereocenters. The average molecular weight is 260 g/mol.